The van der Waals surface area contributed by atoms with Gasteiger partial charge >= 0.3 is 6.03 Å². The van der Waals surface area contributed by atoms with Crippen LogP contribution in [0.25, 0.3) is 0 Å². The summed E-state index contributed by atoms with van der Waals surface area (Å²) in [5.74, 6) is 0.0306. The van der Waals surface area contributed by atoms with Gasteiger partial charge in [-0.1, -0.05) is 0 Å². The fourth-order valence-electron chi connectivity index (χ4n) is 3.64. The molecule has 24 heavy (non-hydrogen) atoms. The molecule has 1 aromatic rings. The van der Waals surface area contributed by atoms with Crippen molar-refractivity contribution in [2.24, 2.45) is 0 Å². The Labute approximate surface area is 143 Å². The van der Waals surface area contributed by atoms with Gasteiger partial charge in [0.1, 0.15) is 9.84 Å². The first-order valence-electron chi connectivity index (χ1n) is 8.65. The third-order valence-electron chi connectivity index (χ3n) is 4.80. The predicted octanol–water partition coefficient (Wildman–Crippen LogP) is 2.39. The van der Waals surface area contributed by atoms with Gasteiger partial charge < -0.3 is 10.2 Å². The molecule has 1 atom stereocenters. The van der Waals surface area contributed by atoms with Gasteiger partial charge in [0.25, 0.3) is 0 Å². The normalized spacial score (nSPS) is 21.2. The number of nitrogens with zero attached hydrogens (tertiary/aromatic N) is 2. The molecule has 1 N–H and O–H groups in total. The van der Waals surface area contributed by atoms with Crippen molar-refractivity contribution in [3.05, 3.63) is 23.5 Å². The van der Waals surface area contributed by atoms with Gasteiger partial charge in [-0.2, -0.15) is 0 Å². The molecule has 1 aliphatic heterocycles. The number of pyridine rings is 1. The van der Waals surface area contributed by atoms with E-state index in [-0.39, 0.29) is 17.8 Å². The number of amides is 2. The molecule has 132 valence electrons. The number of urea groups is 1. The lowest BCUT2D eigenvalue weighted by Crippen LogP contribution is -2.48. The van der Waals surface area contributed by atoms with Gasteiger partial charge in [-0.15, -0.1) is 0 Å². The zero-order valence-electron chi connectivity index (χ0n) is 14.1. The molecule has 7 heteroatoms. The van der Waals surface area contributed by atoms with Crippen molar-refractivity contribution in [2.45, 2.75) is 51.0 Å². The van der Waals surface area contributed by atoms with E-state index in [1.165, 1.54) is 18.2 Å². The van der Waals surface area contributed by atoms with Crippen LogP contribution in [0.4, 0.5) is 10.5 Å². The Morgan fingerprint density at radius 3 is 2.88 bits per heavy atom. The summed E-state index contributed by atoms with van der Waals surface area (Å²) in [4.78, 5) is 18.8. The minimum absolute atomic E-state index is 0.0306. The van der Waals surface area contributed by atoms with Crippen LogP contribution >= 0.6 is 0 Å². The molecule has 1 aliphatic carbocycles. The lowest BCUT2D eigenvalue weighted by molar-refractivity contribution is 0.171. The number of aryl methyl sites for hydroxylation is 2. The van der Waals surface area contributed by atoms with Crippen LogP contribution < -0.4 is 5.32 Å². The number of aromatic nitrogens is 1. The highest BCUT2D eigenvalue weighted by Crippen LogP contribution is 2.23. The average Bonchev–Trinajstić information content (AvgIpc) is 2.53. The monoisotopic (exact) mass is 351 g/mol. The maximum absolute atomic E-state index is 12.6. The quantitative estimate of drug-likeness (QED) is 0.907. The highest BCUT2D eigenvalue weighted by molar-refractivity contribution is 7.90. The van der Waals surface area contributed by atoms with E-state index in [1.54, 1.807) is 11.1 Å². The third-order valence-corrected chi connectivity index (χ3v) is 5.79. The van der Waals surface area contributed by atoms with Gasteiger partial charge in [-0.3, -0.25) is 4.98 Å². The summed E-state index contributed by atoms with van der Waals surface area (Å²) in [6.07, 6.45) is 9.89. The van der Waals surface area contributed by atoms with Crippen molar-refractivity contribution in [1.82, 2.24) is 9.88 Å². The Kier molecular flexibility index (Phi) is 5.08. The molecular weight excluding hydrogens is 326 g/mol. The zero-order valence-corrected chi connectivity index (χ0v) is 14.9. The highest BCUT2D eigenvalue weighted by Gasteiger charge is 2.29. The summed E-state index contributed by atoms with van der Waals surface area (Å²) in [5, 5.41) is 2.91. The first-order chi connectivity index (χ1) is 11.4. The molecule has 0 spiro atoms. The van der Waals surface area contributed by atoms with Crippen molar-refractivity contribution in [3.63, 3.8) is 0 Å². The van der Waals surface area contributed by atoms with Gasteiger partial charge in [0.05, 0.1) is 17.6 Å². The number of hydrogen-bond donors (Lipinski definition) is 1. The molecule has 2 heterocycles. The third kappa shape index (κ3) is 4.26. The topological polar surface area (TPSA) is 79.4 Å². The second-order valence-electron chi connectivity index (χ2n) is 6.90. The van der Waals surface area contributed by atoms with Crippen LogP contribution in [0.15, 0.2) is 12.3 Å². The van der Waals surface area contributed by atoms with Crippen LogP contribution in [-0.4, -0.2) is 48.9 Å². The maximum Gasteiger partial charge on any atom is 0.322 e. The minimum atomic E-state index is -3.11. The van der Waals surface area contributed by atoms with Gasteiger partial charge in [-0.05, 0) is 56.6 Å². The fourth-order valence-corrected chi connectivity index (χ4v) is 4.69. The van der Waals surface area contributed by atoms with Crippen LogP contribution in [0.5, 0.6) is 0 Å². The number of sulfone groups is 1. The molecule has 0 bridgehead atoms. The summed E-state index contributed by atoms with van der Waals surface area (Å²) in [6, 6.07) is 1.55. The minimum Gasteiger partial charge on any atom is -0.321 e. The second-order valence-corrected chi connectivity index (χ2v) is 9.09. The number of fused-ring (bicyclic) bond motifs is 1. The van der Waals surface area contributed by atoms with E-state index >= 15 is 0 Å². The Bertz CT molecular complexity index is 718. The molecule has 3 rings (SSSR count). The van der Waals surface area contributed by atoms with E-state index < -0.39 is 9.84 Å². The standard InChI is InChI=1S/C17H25N3O3S/c1-24(22,23)12-15-7-4-5-9-20(15)17(21)19-14-10-13-6-2-3-8-16(13)18-11-14/h10-11,15H,2-9,12H2,1H3,(H,19,21)/t15-/m0/s1. The number of carbonyl (C=O) groups excluding carboxylic acids is 1. The first kappa shape index (κ1) is 17.2. The molecule has 1 fully saturated rings. The van der Waals surface area contributed by atoms with Gasteiger partial charge in [0, 0.05) is 24.5 Å². The molecule has 1 saturated heterocycles. The van der Waals surface area contributed by atoms with E-state index in [9.17, 15) is 13.2 Å². The van der Waals surface area contributed by atoms with Crippen molar-refractivity contribution < 1.29 is 13.2 Å². The second kappa shape index (κ2) is 7.09. The molecule has 2 aliphatic rings. The van der Waals surface area contributed by atoms with Crippen LogP contribution in [0.1, 0.15) is 43.4 Å². The number of piperidine rings is 1. The van der Waals surface area contributed by atoms with Crippen LogP contribution in [0.3, 0.4) is 0 Å². The number of rotatable bonds is 3. The van der Waals surface area contributed by atoms with E-state index in [1.807, 2.05) is 6.07 Å². The van der Waals surface area contributed by atoms with E-state index in [2.05, 4.69) is 10.3 Å². The Morgan fingerprint density at radius 2 is 2.08 bits per heavy atom. The number of likely N-dealkylation sites (tertiary alicyclic amines) is 1. The summed E-state index contributed by atoms with van der Waals surface area (Å²) in [5.41, 5.74) is 3.04. The van der Waals surface area contributed by atoms with Crippen LogP contribution in [0.2, 0.25) is 0 Å². The van der Waals surface area contributed by atoms with Gasteiger partial charge in [-0.25, -0.2) is 13.2 Å². The average molecular weight is 351 g/mol. The van der Waals surface area contributed by atoms with Gasteiger partial charge in [0.15, 0.2) is 0 Å². The lowest BCUT2D eigenvalue weighted by atomic mass is 9.96. The van der Waals surface area contributed by atoms with Crippen molar-refractivity contribution in [3.8, 4) is 0 Å². The fraction of sp³-hybridized carbons (Fsp3) is 0.647. The summed E-state index contributed by atoms with van der Waals surface area (Å²) < 4.78 is 23.2. The Balaban J connectivity index is 1.70. The van der Waals surface area contributed by atoms with Crippen molar-refractivity contribution in [1.29, 1.82) is 0 Å². The number of nitrogens with one attached hydrogen (secondary N) is 1. The molecule has 0 radical (unpaired) electrons. The van der Waals surface area contributed by atoms with E-state index in [0.29, 0.717) is 12.2 Å². The lowest BCUT2D eigenvalue weighted by Gasteiger charge is -2.35. The van der Waals surface area contributed by atoms with Crippen LogP contribution in [-0.2, 0) is 22.7 Å². The number of anilines is 1. The Hall–Kier alpha value is -1.63. The zero-order chi connectivity index (χ0) is 17.2. The van der Waals surface area contributed by atoms with Gasteiger partial charge in [0.2, 0.25) is 0 Å². The smallest absolute Gasteiger partial charge is 0.321 e. The molecule has 0 aromatic carbocycles. The van der Waals surface area contributed by atoms with Crippen molar-refractivity contribution in [2.75, 3.05) is 23.9 Å². The first-order valence-corrected chi connectivity index (χ1v) is 10.7. The van der Waals surface area contributed by atoms with Crippen LogP contribution in [0, 0.1) is 0 Å². The molecular formula is C17H25N3O3S. The SMILES string of the molecule is CS(=O)(=O)C[C@@H]1CCCCN1C(=O)Nc1cnc2c(c1)CCCC2. The van der Waals surface area contributed by atoms with Crippen molar-refractivity contribution >= 4 is 21.6 Å². The molecule has 1 aromatic heterocycles. The summed E-state index contributed by atoms with van der Waals surface area (Å²) >= 11 is 0. The predicted molar refractivity (Wildman–Crippen MR) is 94.0 cm³/mol. The highest BCUT2D eigenvalue weighted by atomic mass is 32.2. The van der Waals surface area contributed by atoms with E-state index in [0.717, 1.165) is 44.2 Å². The number of carbonyl (C=O) groups is 1. The molecule has 0 unspecified atom stereocenters. The summed E-state index contributed by atoms with van der Waals surface area (Å²) in [7, 11) is -3.11. The number of hydrogen-bond acceptors (Lipinski definition) is 4. The molecule has 2 amide bonds. The summed E-state index contributed by atoms with van der Waals surface area (Å²) in [6.45, 7) is 0.602. The molecule has 0 saturated carbocycles. The molecule has 6 nitrogen and oxygen atoms in total. The van der Waals surface area contributed by atoms with E-state index in [4.69, 9.17) is 0 Å². The largest absolute Gasteiger partial charge is 0.322 e. The Morgan fingerprint density at radius 1 is 1.29 bits per heavy atom. The maximum atomic E-state index is 12.6.